The van der Waals surface area contributed by atoms with Gasteiger partial charge in [-0.05, 0) is 36.2 Å². The molecule has 8 nitrogen and oxygen atoms in total. The van der Waals surface area contributed by atoms with E-state index in [4.69, 9.17) is 10.5 Å². The highest BCUT2D eigenvalue weighted by atomic mass is 28.4. The first-order chi connectivity index (χ1) is 14.3. The molecule has 2 aliphatic heterocycles. The molecule has 4 atom stereocenters. The molecule has 0 bridgehead atoms. The Morgan fingerprint density at radius 1 is 1.30 bits per heavy atom. The molecule has 30 heavy (non-hydrogen) atoms. The molecule has 0 saturated heterocycles. The summed E-state index contributed by atoms with van der Waals surface area (Å²) in [4.78, 5) is 37.2. The van der Waals surface area contributed by atoms with E-state index in [1.165, 1.54) is 0 Å². The number of guanidine groups is 1. The van der Waals surface area contributed by atoms with Crippen molar-refractivity contribution in [3.05, 3.63) is 48.0 Å². The molecule has 1 unspecified atom stereocenters. The second-order valence-electron chi connectivity index (χ2n) is 8.55. The predicted octanol–water partition coefficient (Wildman–Crippen LogP) is 1.68. The van der Waals surface area contributed by atoms with Crippen LogP contribution in [0.1, 0.15) is 12.0 Å². The molecule has 2 heterocycles. The number of nitrogens with two attached hydrogens (primary N) is 1. The number of hydrogen-bond acceptors (Lipinski definition) is 7. The summed E-state index contributed by atoms with van der Waals surface area (Å²) in [5, 5.41) is 0. The fourth-order valence-corrected chi connectivity index (χ4v) is 6.59. The first kappa shape index (κ1) is 20.6. The van der Waals surface area contributed by atoms with Crippen molar-refractivity contribution in [1.29, 1.82) is 0 Å². The summed E-state index contributed by atoms with van der Waals surface area (Å²) in [5.74, 6) is 0.0435. The van der Waals surface area contributed by atoms with E-state index in [2.05, 4.69) is 21.6 Å². The topological polar surface area (TPSA) is 113 Å². The van der Waals surface area contributed by atoms with Gasteiger partial charge in [-0.1, -0.05) is 36.9 Å². The monoisotopic (exact) mass is 425 g/mol. The molecule has 1 aromatic rings. The quantitative estimate of drug-likeness (QED) is 0.532. The van der Waals surface area contributed by atoms with Crippen LogP contribution in [-0.4, -0.2) is 60.7 Å². The van der Waals surface area contributed by atoms with Gasteiger partial charge in [0.2, 0.25) is 5.96 Å². The zero-order chi connectivity index (χ0) is 21.5. The van der Waals surface area contributed by atoms with E-state index in [9.17, 15) is 9.59 Å². The van der Waals surface area contributed by atoms with Gasteiger partial charge >= 0.3 is 0 Å². The maximum Gasteiger partial charge on any atom is 0.281 e. The molecule has 1 saturated carbocycles. The molecular formula is C21H27N5O3Si. The van der Waals surface area contributed by atoms with Gasteiger partial charge in [-0.25, -0.2) is 0 Å². The van der Waals surface area contributed by atoms with Gasteiger partial charge in [-0.15, -0.1) is 0 Å². The van der Waals surface area contributed by atoms with Crippen molar-refractivity contribution < 1.29 is 14.3 Å². The van der Waals surface area contributed by atoms with Crippen LogP contribution >= 0.6 is 0 Å². The van der Waals surface area contributed by atoms with Crippen LogP contribution in [0.3, 0.4) is 0 Å². The van der Waals surface area contributed by atoms with Crippen LogP contribution in [0.5, 0.6) is 0 Å². The molecule has 0 aromatic heterocycles. The van der Waals surface area contributed by atoms with E-state index in [0.29, 0.717) is 25.5 Å². The highest BCUT2D eigenvalue weighted by Gasteiger charge is 2.50. The summed E-state index contributed by atoms with van der Waals surface area (Å²) in [6, 6.07) is 9.14. The summed E-state index contributed by atoms with van der Waals surface area (Å²) >= 11 is 0. The van der Waals surface area contributed by atoms with E-state index < -0.39 is 20.3 Å². The van der Waals surface area contributed by atoms with Crippen LogP contribution in [0.4, 0.5) is 0 Å². The van der Waals surface area contributed by atoms with Gasteiger partial charge in [0.1, 0.15) is 5.84 Å². The Morgan fingerprint density at radius 2 is 2.03 bits per heavy atom. The van der Waals surface area contributed by atoms with Crippen molar-refractivity contribution in [2.45, 2.75) is 43.7 Å². The summed E-state index contributed by atoms with van der Waals surface area (Å²) < 4.78 is 6.03. The molecule has 0 spiro atoms. The van der Waals surface area contributed by atoms with E-state index in [1.807, 2.05) is 48.3 Å². The average molecular weight is 426 g/mol. The van der Waals surface area contributed by atoms with Crippen molar-refractivity contribution in [1.82, 2.24) is 4.90 Å². The minimum absolute atomic E-state index is 0.0173. The third-order valence-corrected chi connectivity index (χ3v) is 8.51. The van der Waals surface area contributed by atoms with Crippen LogP contribution < -0.4 is 5.73 Å². The highest BCUT2D eigenvalue weighted by Crippen LogP contribution is 2.47. The molecule has 1 amide bonds. The molecule has 1 aliphatic carbocycles. The second-order valence-corrected chi connectivity index (χ2v) is 12.6. The molecule has 9 heteroatoms. The Labute approximate surface area is 177 Å². The van der Waals surface area contributed by atoms with Crippen molar-refractivity contribution in [2.75, 3.05) is 6.61 Å². The number of ether oxygens (including phenoxy) is 1. The lowest BCUT2D eigenvalue weighted by molar-refractivity contribution is -0.117. The number of carbonyl (C=O) groups excluding carboxylic acids is 1. The van der Waals surface area contributed by atoms with Gasteiger partial charge in [0.25, 0.3) is 5.91 Å². The predicted molar refractivity (Wildman–Crippen MR) is 119 cm³/mol. The maximum atomic E-state index is 12.1. The number of amidine groups is 1. The number of rotatable bonds is 6. The molecule has 3 aliphatic rings. The van der Waals surface area contributed by atoms with Crippen LogP contribution in [0.25, 0.3) is 0 Å². The summed E-state index contributed by atoms with van der Waals surface area (Å²) in [5.41, 5.74) is 7.85. The van der Waals surface area contributed by atoms with Crippen LogP contribution in [0.2, 0.25) is 18.6 Å². The molecule has 3 N–H and O–H groups in total. The zero-order valence-electron chi connectivity index (χ0n) is 17.2. The summed E-state index contributed by atoms with van der Waals surface area (Å²) in [6.07, 6.45) is 2.33. The molecule has 1 aromatic carbocycles. The third-order valence-electron chi connectivity index (χ3n) is 6.06. The average Bonchev–Trinajstić information content (AvgIpc) is 3.24. The van der Waals surface area contributed by atoms with Crippen molar-refractivity contribution >= 4 is 32.4 Å². The molecule has 1 fully saturated rings. The third kappa shape index (κ3) is 3.88. The Morgan fingerprint density at radius 3 is 2.73 bits per heavy atom. The Balaban J connectivity index is 1.52. The maximum absolute atomic E-state index is 12.1. The van der Waals surface area contributed by atoms with Crippen molar-refractivity contribution in [2.24, 2.45) is 26.6 Å². The second kappa shape index (κ2) is 7.90. The number of carbonyl (C=O) groups is 1. The van der Waals surface area contributed by atoms with E-state index in [1.54, 1.807) is 6.34 Å². The minimum atomic E-state index is -2.49. The van der Waals surface area contributed by atoms with Gasteiger partial charge in [0.05, 0.1) is 25.6 Å². The first-order valence-corrected chi connectivity index (χ1v) is 13.1. The lowest BCUT2D eigenvalue weighted by Gasteiger charge is -2.28. The number of fused-ring (bicyclic) bond motifs is 1. The fourth-order valence-electron chi connectivity index (χ4n) is 4.49. The Bertz CT molecular complexity index is 938. The number of aliphatic imine (C=N–C) groups is 3. The fraction of sp³-hybridized carbons (Fsp3) is 0.429. The highest BCUT2D eigenvalue weighted by molar-refractivity contribution is 6.71. The molecular weight excluding hydrogens is 398 g/mol. The number of benzene rings is 1. The number of nitrogens with zero attached hydrogens (tertiary/aromatic N) is 4. The zero-order valence-corrected chi connectivity index (χ0v) is 18.2. The SMILES string of the molecule is C=C1[C@H](COCc2ccccc2)[C@@H]([Si](C)(C)O)C[C@@H]1N1C=NC2C(=O)N=C(N)N=C21. The van der Waals surface area contributed by atoms with E-state index in [-0.39, 0.29) is 23.5 Å². The van der Waals surface area contributed by atoms with Crippen molar-refractivity contribution in [3.63, 3.8) is 0 Å². The molecule has 4 rings (SSSR count). The first-order valence-electron chi connectivity index (χ1n) is 10.1. The molecule has 0 radical (unpaired) electrons. The van der Waals surface area contributed by atoms with Gasteiger partial charge < -0.3 is 20.2 Å². The van der Waals surface area contributed by atoms with Crippen LogP contribution in [0.15, 0.2) is 57.5 Å². The minimum Gasteiger partial charge on any atom is -0.432 e. The van der Waals surface area contributed by atoms with Crippen molar-refractivity contribution in [3.8, 4) is 0 Å². The lowest BCUT2D eigenvalue weighted by Crippen LogP contribution is -2.44. The standard InChI is InChI=1S/C21H27N5O3Si/c1-13-15(11-29-10-14-7-5-4-6-8-14)17(30(2,3)28)9-16(13)26-12-23-18-19(26)24-21(22)25-20(18)27/h4-8,12,15-18,28H,1,9-11H2,2-3H3,(H2,22,25,27)/t15-,16-,17-,18?/m0/s1. The number of amides is 1. The smallest absolute Gasteiger partial charge is 0.281 e. The Hall–Kier alpha value is -2.62. The van der Waals surface area contributed by atoms with Gasteiger partial charge in [0.15, 0.2) is 14.4 Å². The summed E-state index contributed by atoms with van der Waals surface area (Å²) in [7, 11) is -2.49. The Kier molecular flexibility index (Phi) is 5.43. The van der Waals surface area contributed by atoms with Gasteiger partial charge in [0, 0.05) is 5.92 Å². The molecule has 158 valence electrons. The van der Waals surface area contributed by atoms with E-state index >= 15 is 0 Å². The van der Waals surface area contributed by atoms with Gasteiger partial charge in [-0.3, -0.25) is 9.79 Å². The van der Waals surface area contributed by atoms with Crippen LogP contribution in [0, 0.1) is 5.92 Å². The van der Waals surface area contributed by atoms with Crippen LogP contribution in [-0.2, 0) is 16.1 Å². The number of hydrogen-bond donors (Lipinski definition) is 2. The van der Waals surface area contributed by atoms with Gasteiger partial charge in [-0.2, -0.15) is 9.98 Å². The summed E-state index contributed by atoms with van der Waals surface area (Å²) in [6.45, 7) is 9.24. The largest absolute Gasteiger partial charge is 0.432 e. The van der Waals surface area contributed by atoms with E-state index in [0.717, 1.165) is 11.1 Å². The normalized spacial score (nSPS) is 28.6. The lowest BCUT2D eigenvalue weighted by atomic mass is 10.0.